The van der Waals surface area contributed by atoms with Crippen LogP contribution in [0.2, 0.25) is 0 Å². The first-order valence-corrected chi connectivity index (χ1v) is 10.4. The topological polar surface area (TPSA) is 49.9 Å². The van der Waals surface area contributed by atoms with Crippen molar-refractivity contribution in [2.45, 2.75) is 25.7 Å². The maximum atomic E-state index is 12.0. The lowest BCUT2D eigenvalue weighted by Crippen LogP contribution is -2.48. The van der Waals surface area contributed by atoms with Crippen LogP contribution >= 0.6 is 0 Å². The summed E-state index contributed by atoms with van der Waals surface area (Å²) in [6, 6.07) is 16.2. The second-order valence-corrected chi connectivity index (χ2v) is 8.04. The highest BCUT2D eigenvalue weighted by molar-refractivity contribution is 5.70. The fourth-order valence-electron chi connectivity index (χ4n) is 4.68. The maximum absolute atomic E-state index is 12.0. The summed E-state index contributed by atoms with van der Waals surface area (Å²) in [4.78, 5) is 28.1. The van der Waals surface area contributed by atoms with Crippen LogP contribution in [-0.2, 0) is 16.0 Å². The molecule has 0 N–H and O–H groups in total. The molecule has 5 nitrogen and oxygen atoms in total. The van der Waals surface area contributed by atoms with Crippen LogP contribution in [0.3, 0.4) is 0 Å². The summed E-state index contributed by atoms with van der Waals surface area (Å²) in [5.41, 5.74) is 3.51. The van der Waals surface area contributed by atoms with E-state index in [1.165, 1.54) is 12.6 Å². The molecule has 1 saturated heterocycles. The number of ether oxygens (including phenoxy) is 1. The summed E-state index contributed by atoms with van der Waals surface area (Å²) in [6.07, 6.45) is 3.01. The molecule has 2 atom stereocenters. The van der Waals surface area contributed by atoms with Crippen molar-refractivity contribution in [1.82, 2.24) is 4.90 Å². The minimum absolute atomic E-state index is 0.0859. The summed E-state index contributed by atoms with van der Waals surface area (Å²) >= 11 is 0. The van der Waals surface area contributed by atoms with Gasteiger partial charge in [0.25, 0.3) is 0 Å². The van der Waals surface area contributed by atoms with E-state index in [2.05, 4.69) is 40.1 Å². The zero-order valence-corrected chi connectivity index (χ0v) is 16.9. The van der Waals surface area contributed by atoms with Crippen LogP contribution in [0.15, 0.2) is 48.5 Å². The zero-order valence-electron chi connectivity index (χ0n) is 16.9. The predicted octanol–water partition coefficient (Wildman–Crippen LogP) is 3.28. The first kappa shape index (κ1) is 19.6. The molecule has 0 radical (unpaired) electrons. The van der Waals surface area contributed by atoms with Crippen LogP contribution in [0.1, 0.15) is 30.4 Å². The van der Waals surface area contributed by atoms with E-state index in [1.54, 1.807) is 6.07 Å². The van der Waals surface area contributed by atoms with Crippen LogP contribution < -0.4 is 9.64 Å². The summed E-state index contributed by atoms with van der Waals surface area (Å²) in [7, 11) is 0. The number of anilines is 1. The van der Waals surface area contributed by atoms with Crippen molar-refractivity contribution >= 4 is 17.9 Å². The fourth-order valence-corrected chi connectivity index (χ4v) is 4.68. The molecule has 1 aliphatic carbocycles. The van der Waals surface area contributed by atoms with Crippen molar-refractivity contribution in [3.05, 3.63) is 59.7 Å². The molecule has 2 aromatic carbocycles. The van der Waals surface area contributed by atoms with Crippen molar-refractivity contribution in [2.75, 3.05) is 37.6 Å². The third-order valence-corrected chi connectivity index (χ3v) is 6.16. The van der Waals surface area contributed by atoms with Gasteiger partial charge in [0, 0.05) is 51.3 Å². The zero-order chi connectivity index (χ0) is 20.2. The normalized spacial score (nSPS) is 22.0. The van der Waals surface area contributed by atoms with Crippen molar-refractivity contribution in [2.24, 2.45) is 5.92 Å². The van der Waals surface area contributed by atoms with Crippen LogP contribution in [0.4, 0.5) is 5.69 Å². The number of aldehydes is 1. The van der Waals surface area contributed by atoms with Crippen LogP contribution in [0, 0.1) is 5.92 Å². The molecule has 5 heteroatoms. The highest BCUT2D eigenvalue weighted by Gasteiger charge is 2.31. The Kier molecular flexibility index (Phi) is 5.95. The van der Waals surface area contributed by atoms with Gasteiger partial charge < -0.3 is 14.4 Å². The van der Waals surface area contributed by atoms with Crippen molar-refractivity contribution in [1.29, 1.82) is 0 Å². The van der Waals surface area contributed by atoms with E-state index in [0.29, 0.717) is 11.7 Å². The first-order chi connectivity index (χ1) is 14.1. The summed E-state index contributed by atoms with van der Waals surface area (Å²) in [6.45, 7) is 6.44. The van der Waals surface area contributed by atoms with E-state index in [-0.39, 0.29) is 11.9 Å². The molecule has 152 valence electrons. The molecule has 2 aliphatic rings. The molecular weight excluding hydrogens is 364 g/mol. The number of benzene rings is 2. The van der Waals surface area contributed by atoms with Gasteiger partial charge in [-0.2, -0.15) is 0 Å². The molecule has 1 aliphatic heterocycles. The van der Waals surface area contributed by atoms with Gasteiger partial charge in [-0.15, -0.1) is 0 Å². The number of nitrogens with zero attached hydrogens (tertiary/aromatic N) is 2. The largest absolute Gasteiger partial charge is 0.427 e. The molecule has 1 heterocycles. The Morgan fingerprint density at radius 2 is 1.86 bits per heavy atom. The van der Waals surface area contributed by atoms with Crippen molar-refractivity contribution in [3.8, 4) is 5.75 Å². The number of rotatable bonds is 5. The Morgan fingerprint density at radius 3 is 2.55 bits per heavy atom. The Morgan fingerprint density at radius 1 is 1.10 bits per heavy atom. The number of esters is 1. The molecule has 0 bridgehead atoms. The predicted molar refractivity (Wildman–Crippen MR) is 113 cm³/mol. The molecule has 1 fully saturated rings. The lowest BCUT2D eigenvalue weighted by Gasteiger charge is -2.40. The molecule has 0 saturated carbocycles. The lowest BCUT2D eigenvalue weighted by atomic mass is 9.75. The Hall–Kier alpha value is -2.66. The molecule has 2 unspecified atom stereocenters. The maximum Gasteiger partial charge on any atom is 0.308 e. The van der Waals surface area contributed by atoms with Crippen LogP contribution in [0.5, 0.6) is 5.75 Å². The lowest BCUT2D eigenvalue weighted by molar-refractivity contribution is -0.131. The first-order valence-electron chi connectivity index (χ1n) is 10.4. The monoisotopic (exact) mass is 392 g/mol. The number of para-hydroxylation sites is 1. The van der Waals surface area contributed by atoms with E-state index in [1.807, 2.05) is 12.1 Å². The van der Waals surface area contributed by atoms with Gasteiger partial charge in [0.2, 0.25) is 0 Å². The number of aryl methyl sites for hydroxylation is 1. The highest BCUT2D eigenvalue weighted by Crippen LogP contribution is 2.37. The molecular formula is C24H28N2O3. The third-order valence-electron chi connectivity index (χ3n) is 6.16. The van der Waals surface area contributed by atoms with Gasteiger partial charge in [-0.25, -0.2) is 0 Å². The van der Waals surface area contributed by atoms with Crippen LogP contribution in [0.25, 0.3) is 0 Å². The Labute approximate surface area is 172 Å². The smallest absolute Gasteiger partial charge is 0.308 e. The van der Waals surface area contributed by atoms with Gasteiger partial charge in [0.1, 0.15) is 12.0 Å². The highest BCUT2D eigenvalue weighted by atomic mass is 16.5. The van der Waals surface area contributed by atoms with E-state index < -0.39 is 0 Å². The van der Waals surface area contributed by atoms with Gasteiger partial charge >= 0.3 is 5.97 Å². The molecule has 0 spiro atoms. The Bertz CT molecular complexity index is 860. The van der Waals surface area contributed by atoms with E-state index in [9.17, 15) is 9.59 Å². The van der Waals surface area contributed by atoms with Gasteiger partial charge in [-0.3, -0.25) is 9.69 Å². The minimum Gasteiger partial charge on any atom is -0.427 e. The van der Waals surface area contributed by atoms with E-state index in [0.717, 1.165) is 63.0 Å². The van der Waals surface area contributed by atoms with Gasteiger partial charge in [0.15, 0.2) is 0 Å². The second-order valence-electron chi connectivity index (χ2n) is 8.04. The number of carbonyl (C=O) groups excluding carboxylic acids is 2. The fraction of sp³-hybridized carbons (Fsp3) is 0.417. The summed E-state index contributed by atoms with van der Waals surface area (Å²) < 4.78 is 5.20. The number of carbonyl (C=O) groups is 2. The van der Waals surface area contributed by atoms with Crippen LogP contribution in [-0.4, -0.2) is 49.9 Å². The second kappa shape index (κ2) is 8.78. The SMILES string of the molecule is CC(=O)Oc1ccc2c(c1)CCC(CN1CCN(c3ccccc3)CC1)C2C=O. The summed E-state index contributed by atoms with van der Waals surface area (Å²) in [5.74, 6) is 0.497. The van der Waals surface area contributed by atoms with E-state index in [4.69, 9.17) is 4.74 Å². The van der Waals surface area contributed by atoms with Gasteiger partial charge in [0.05, 0.1) is 0 Å². The Balaban J connectivity index is 1.39. The standard InChI is InChI=1S/C24H28N2O3/c1-18(28)29-22-9-10-23-19(15-22)7-8-20(24(23)17-27)16-25-11-13-26(14-12-25)21-5-3-2-4-6-21/h2-6,9-10,15,17,20,24H,7-8,11-14,16H2,1H3. The van der Waals surface area contributed by atoms with E-state index >= 15 is 0 Å². The average Bonchev–Trinajstić information content (AvgIpc) is 2.74. The molecule has 0 aromatic heterocycles. The number of hydrogen-bond acceptors (Lipinski definition) is 5. The third kappa shape index (κ3) is 4.51. The summed E-state index contributed by atoms with van der Waals surface area (Å²) in [5, 5.41) is 0. The molecule has 0 amide bonds. The molecule has 4 rings (SSSR count). The number of fused-ring (bicyclic) bond motifs is 1. The van der Waals surface area contributed by atoms with Crippen molar-refractivity contribution < 1.29 is 14.3 Å². The van der Waals surface area contributed by atoms with Crippen molar-refractivity contribution in [3.63, 3.8) is 0 Å². The van der Waals surface area contributed by atoms with Gasteiger partial charge in [-0.05, 0) is 54.2 Å². The number of piperazine rings is 1. The molecule has 2 aromatic rings. The number of hydrogen-bond donors (Lipinski definition) is 0. The quantitative estimate of drug-likeness (QED) is 0.444. The average molecular weight is 392 g/mol. The minimum atomic E-state index is -0.319. The van der Waals surface area contributed by atoms with Gasteiger partial charge in [-0.1, -0.05) is 24.3 Å². The molecule has 29 heavy (non-hydrogen) atoms.